The summed E-state index contributed by atoms with van der Waals surface area (Å²) >= 11 is 0. The van der Waals surface area contributed by atoms with Gasteiger partial charge in [0.1, 0.15) is 16.9 Å². The number of hydrogen-bond donors (Lipinski definition) is 2. The molecule has 1 aromatic heterocycles. The average molecular weight is 433 g/mol. The lowest BCUT2D eigenvalue weighted by Crippen LogP contribution is -2.42. The maximum atomic E-state index is 12.0. The number of carbonyl (C=O) groups excluding carboxylic acids is 1. The highest BCUT2D eigenvalue weighted by atomic mass is 32.2. The number of nitrogens with one attached hydrogen (secondary N) is 2. The Labute approximate surface area is 174 Å². The summed E-state index contributed by atoms with van der Waals surface area (Å²) in [5, 5.41) is 8.29. The fourth-order valence-corrected chi connectivity index (χ4v) is 3.29. The van der Waals surface area contributed by atoms with E-state index in [2.05, 4.69) is 15.0 Å². The Morgan fingerprint density at radius 2 is 1.83 bits per heavy atom. The Balaban J connectivity index is 1.66. The number of fused-ring (bicyclic) bond motifs is 1. The van der Waals surface area contributed by atoms with Gasteiger partial charge in [-0.25, -0.2) is 14.2 Å². The van der Waals surface area contributed by atoms with E-state index in [1.165, 1.54) is 0 Å². The maximum Gasteiger partial charge on any atom is 0.422 e. The number of nitrogens with zero attached hydrogens (tertiary/aromatic N) is 3. The Morgan fingerprint density at radius 3 is 2.47 bits per heavy atom. The van der Waals surface area contributed by atoms with Gasteiger partial charge in [0.2, 0.25) is 0 Å². The SMILES string of the molecule is COc1ccc2c(c1)nnn2-c1ccc(CNS(=O)(=O)NC(=O)OC(C)(C)C)cc1. The Kier molecular flexibility index (Phi) is 5.94. The van der Waals surface area contributed by atoms with Crippen LogP contribution in [-0.2, 0) is 21.5 Å². The second kappa shape index (κ2) is 8.28. The van der Waals surface area contributed by atoms with Crippen LogP contribution in [-0.4, -0.2) is 42.2 Å². The summed E-state index contributed by atoms with van der Waals surface area (Å²) in [4.78, 5) is 11.6. The van der Waals surface area contributed by atoms with Gasteiger partial charge in [-0.1, -0.05) is 17.3 Å². The smallest absolute Gasteiger partial charge is 0.422 e. The highest BCUT2D eigenvalue weighted by Crippen LogP contribution is 2.21. The molecule has 0 saturated carbocycles. The summed E-state index contributed by atoms with van der Waals surface area (Å²) < 4.78 is 39.9. The lowest BCUT2D eigenvalue weighted by atomic mass is 10.2. The van der Waals surface area contributed by atoms with Crippen LogP contribution < -0.4 is 14.2 Å². The van der Waals surface area contributed by atoms with E-state index in [1.807, 2.05) is 16.9 Å². The first-order chi connectivity index (χ1) is 14.1. The summed E-state index contributed by atoms with van der Waals surface area (Å²) in [5.41, 5.74) is 2.16. The number of aromatic nitrogens is 3. The lowest BCUT2D eigenvalue weighted by molar-refractivity contribution is 0.0569. The summed E-state index contributed by atoms with van der Waals surface area (Å²) in [6, 6.07) is 12.6. The van der Waals surface area contributed by atoms with Gasteiger partial charge >= 0.3 is 16.3 Å². The summed E-state index contributed by atoms with van der Waals surface area (Å²) in [6.07, 6.45) is -1.04. The Bertz CT molecular complexity index is 1150. The van der Waals surface area contributed by atoms with Crippen LogP contribution in [0.2, 0.25) is 0 Å². The van der Waals surface area contributed by atoms with Gasteiger partial charge in [-0.05, 0) is 50.6 Å². The number of hydrogen-bond acceptors (Lipinski definition) is 7. The number of amides is 1. The molecule has 0 fully saturated rings. The molecule has 2 N–H and O–H groups in total. The predicted molar refractivity (Wildman–Crippen MR) is 111 cm³/mol. The van der Waals surface area contributed by atoms with E-state index in [4.69, 9.17) is 9.47 Å². The second-order valence-corrected chi connectivity index (χ2v) is 8.95. The number of ether oxygens (including phenoxy) is 2. The average Bonchev–Trinajstić information content (AvgIpc) is 3.08. The van der Waals surface area contributed by atoms with Crippen molar-refractivity contribution in [2.75, 3.05) is 7.11 Å². The fourth-order valence-electron chi connectivity index (χ4n) is 2.60. The van der Waals surface area contributed by atoms with Crippen molar-refractivity contribution in [3.05, 3.63) is 48.0 Å². The molecule has 0 radical (unpaired) electrons. The predicted octanol–water partition coefficient (Wildman–Crippen LogP) is 2.29. The molecule has 0 atom stereocenters. The zero-order valence-electron chi connectivity index (χ0n) is 17.0. The third-order valence-corrected chi connectivity index (χ3v) is 4.88. The third kappa shape index (κ3) is 5.45. The normalized spacial score (nSPS) is 12.0. The van der Waals surface area contributed by atoms with Gasteiger partial charge < -0.3 is 9.47 Å². The molecule has 2 aromatic carbocycles. The molecule has 0 bridgehead atoms. The summed E-state index contributed by atoms with van der Waals surface area (Å²) in [5.74, 6) is 0.692. The Morgan fingerprint density at radius 1 is 1.13 bits per heavy atom. The number of methoxy groups -OCH3 is 1. The third-order valence-electron chi connectivity index (χ3n) is 3.92. The van der Waals surface area contributed by atoms with Crippen LogP contribution in [0.4, 0.5) is 4.79 Å². The topological polar surface area (TPSA) is 124 Å². The van der Waals surface area contributed by atoms with Crippen LogP contribution in [0.3, 0.4) is 0 Å². The largest absolute Gasteiger partial charge is 0.497 e. The van der Waals surface area contributed by atoms with E-state index in [9.17, 15) is 13.2 Å². The van der Waals surface area contributed by atoms with Crippen molar-refractivity contribution in [2.24, 2.45) is 0 Å². The van der Waals surface area contributed by atoms with Crippen molar-refractivity contribution < 1.29 is 22.7 Å². The monoisotopic (exact) mass is 433 g/mol. The van der Waals surface area contributed by atoms with Gasteiger partial charge in [0.15, 0.2) is 0 Å². The Hall–Kier alpha value is -3.18. The van der Waals surface area contributed by atoms with Crippen molar-refractivity contribution in [1.82, 2.24) is 24.4 Å². The molecular formula is C19H23N5O5S. The summed E-state index contributed by atoms with van der Waals surface area (Å²) in [6.45, 7) is 4.92. The maximum absolute atomic E-state index is 12.0. The molecule has 160 valence electrons. The highest BCUT2D eigenvalue weighted by molar-refractivity contribution is 7.88. The summed E-state index contributed by atoms with van der Waals surface area (Å²) in [7, 11) is -2.47. The van der Waals surface area contributed by atoms with Crippen molar-refractivity contribution in [1.29, 1.82) is 0 Å². The van der Waals surface area contributed by atoms with Gasteiger partial charge in [-0.3, -0.25) is 0 Å². The zero-order chi connectivity index (χ0) is 21.9. The van der Waals surface area contributed by atoms with Crippen molar-refractivity contribution >= 4 is 27.3 Å². The second-order valence-electron chi connectivity index (χ2n) is 7.45. The van der Waals surface area contributed by atoms with E-state index in [-0.39, 0.29) is 6.54 Å². The van der Waals surface area contributed by atoms with Crippen LogP contribution in [0.5, 0.6) is 5.75 Å². The molecule has 1 amide bonds. The molecule has 0 aliphatic rings. The standard InChI is InChI=1S/C19H23N5O5S/c1-19(2,3)29-18(25)22-30(26,27)20-12-13-5-7-14(8-6-13)24-17-10-9-15(28-4)11-16(17)21-23-24/h5-11,20H,12H2,1-4H3,(H,22,25). The van der Waals surface area contributed by atoms with Crippen LogP contribution >= 0.6 is 0 Å². The molecule has 0 unspecified atom stereocenters. The molecule has 0 aliphatic carbocycles. The van der Waals surface area contributed by atoms with E-state index < -0.39 is 21.9 Å². The van der Waals surface area contributed by atoms with E-state index in [0.717, 1.165) is 11.2 Å². The molecule has 10 nitrogen and oxygen atoms in total. The van der Waals surface area contributed by atoms with E-state index >= 15 is 0 Å². The highest BCUT2D eigenvalue weighted by Gasteiger charge is 2.21. The van der Waals surface area contributed by atoms with Gasteiger partial charge in [0.05, 0.1) is 18.3 Å². The molecule has 30 heavy (non-hydrogen) atoms. The quantitative estimate of drug-likeness (QED) is 0.611. The minimum absolute atomic E-state index is 0.00624. The molecule has 3 rings (SSSR count). The molecular weight excluding hydrogens is 410 g/mol. The molecule has 1 heterocycles. The molecule has 0 spiro atoms. The molecule has 3 aromatic rings. The molecule has 0 aliphatic heterocycles. The minimum Gasteiger partial charge on any atom is -0.497 e. The van der Waals surface area contributed by atoms with Crippen LogP contribution in [0.25, 0.3) is 16.7 Å². The van der Waals surface area contributed by atoms with Crippen molar-refractivity contribution in [3.63, 3.8) is 0 Å². The van der Waals surface area contributed by atoms with Gasteiger partial charge in [0.25, 0.3) is 0 Å². The number of rotatable bonds is 6. The molecule has 0 saturated heterocycles. The van der Waals surface area contributed by atoms with Gasteiger partial charge in [-0.15, -0.1) is 5.10 Å². The van der Waals surface area contributed by atoms with E-state index in [0.29, 0.717) is 16.8 Å². The lowest BCUT2D eigenvalue weighted by Gasteiger charge is -2.19. The van der Waals surface area contributed by atoms with Gasteiger partial charge in [0, 0.05) is 12.6 Å². The minimum atomic E-state index is -4.05. The van der Waals surface area contributed by atoms with E-state index in [1.54, 1.807) is 62.9 Å². The van der Waals surface area contributed by atoms with Crippen LogP contribution in [0.15, 0.2) is 42.5 Å². The fraction of sp³-hybridized carbons (Fsp3) is 0.316. The first kappa shape index (κ1) is 21.5. The van der Waals surface area contributed by atoms with Gasteiger partial charge in [-0.2, -0.15) is 13.1 Å². The van der Waals surface area contributed by atoms with Crippen LogP contribution in [0, 0.1) is 0 Å². The first-order valence-electron chi connectivity index (χ1n) is 9.05. The molecule has 11 heteroatoms. The van der Waals surface area contributed by atoms with Crippen molar-refractivity contribution in [3.8, 4) is 11.4 Å². The number of benzene rings is 2. The number of carbonyl (C=O) groups is 1. The zero-order valence-corrected chi connectivity index (χ0v) is 17.9. The first-order valence-corrected chi connectivity index (χ1v) is 10.5. The van der Waals surface area contributed by atoms with Crippen LogP contribution in [0.1, 0.15) is 26.3 Å². The van der Waals surface area contributed by atoms with Crippen molar-refractivity contribution in [2.45, 2.75) is 32.9 Å².